The Balaban J connectivity index is 1.26. The number of nitrogens with one attached hydrogen (secondary N) is 1. The van der Waals surface area contributed by atoms with Crippen LogP contribution in [0.15, 0.2) is 60.8 Å². The zero-order chi connectivity index (χ0) is 25.0. The number of amides is 2. The average molecular weight is 488 g/mol. The fraction of sp³-hybridized carbons (Fsp3) is 0.320. The van der Waals surface area contributed by atoms with Crippen LogP contribution in [0, 0.1) is 11.7 Å². The second-order valence-electron chi connectivity index (χ2n) is 8.39. The highest BCUT2D eigenvalue weighted by molar-refractivity contribution is 5.94. The molecule has 3 aromatic rings. The number of piperidine rings is 1. The summed E-state index contributed by atoms with van der Waals surface area (Å²) in [6.45, 7) is 1.17. The first-order chi connectivity index (χ1) is 16.7. The van der Waals surface area contributed by atoms with Crippen molar-refractivity contribution in [3.63, 3.8) is 0 Å². The lowest BCUT2D eigenvalue weighted by atomic mass is 9.95. The van der Waals surface area contributed by atoms with E-state index in [9.17, 15) is 27.2 Å². The van der Waals surface area contributed by atoms with E-state index in [1.54, 1.807) is 35.2 Å². The first-order valence-corrected chi connectivity index (χ1v) is 11.3. The van der Waals surface area contributed by atoms with Gasteiger partial charge in [-0.2, -0.15) is 18.3 Å². The molecule has 2 heterocycles. The molecular formula is C25H24F4N4O2. The summed E-state index contributed by atoms with van der Waals surface area (Å²) in [5.41, 5.74) is 0.372. The van der Waals surface area contributed by atoms with Crippen molar-refractivity contribution in [2.24, 2.45) is 5.92 Å². The summed E-state index contributed by atoms with van der Waals surface area (Å²) in [6, 6.07) is 13.5. The zero-order valence-corrected chi connectivity index (χ0v) is 18.8. The predicted octanol–water partition coefficient (Wildman–Crippen LogP) is 4.24. The molecule has 6 nitrogen and oxygen atoms in total. The number of likely N-dealkylation sites (tertiary alicyclic amines) is 1. The Bertz CT molecular complexity index is 1180. The molecule has 2 aromatic carbocycles. The topological polar surface area (TPSA) is 67.2 Å². The molecule has 35 heavy (non-hydrogen) atoms. The van der Waals surface area contributed by atoms with Crippen LogP contribution in [-0.2, 0) is 17.4 Å². The van der Waals surface area contributed by atoms with Crippen LogP contribution in [0.2, 0.25) is 0 Å². The fourth-order valence-corrected chi connectivity index (χ4v) is 4.07. The van der Waals surface area contributed by atoms with E-state index >= 15 is 0 Å². The predicted molar refractivity (Wildman–Crippen MR) is 120 cm³/mol. The third-order valence-corrected chi connectivity index (χ3v) is 6.06. The summed E-state index contributed by atoms with van der Waals surface area (Å²) in [4.78, 5) is 27.0. The lowest BCUT2D eigenvalue weighted by Crippen LogP contribution is -2.43. The first kappa shape index (κ1) is 24.4. The lowest BCUT2D eigenvalue weighted by Gasteiger charge is -2.31. The van der Waals surface area contributed by atoms with E-state index in [0.29, 0.717) is 55.7 Å². The quantitative estimate of drug-likeness (QED) is 0.528. The van der Waals surface area contributed by atoms with Crippen molar-refractivity contribution in [2.45, 2.75) is 25.4 Å². The van der Waals surface area contributed by atoms with E-state index < -0.39 is 11.9 Å². The summed E-state index contributed by atoms with van der Waals surface area (Å²) in [7, 11) is 0. The van der Waals surface area contributed by atoms with Crippen LogP contribution in [0.1, 0.15) is 34.5 Å². The van der Waals surface area contributed by atoms with Gasteiger partial charge in [0.1, 0.15) is 5.82 Å². The summed E-state index contributed by atoms with van der Waals surface area (Å²) >= 11 is 0. The van der Waals surface area contributed by atoms with E-state index in [4.69, 9.17) is 0 Å². The zero-order valence-electron chi connectivity index (χ0n) is 18.8. The van der Waals surface area contributed by atoms with Gasteiger partial charge in [-0.25, -0.2) is 9.07 Å². The van der Waals surface area contributed by atoms with Crippen LogP contribution in [0.3, 0.4) is 0 Å². The number of hydrogen-bond donors (Lipinski definition) is 1. The monoisotopic (exact) mass is 488 g/mol. The van der Waals surface area contributed by atoms with Gasteiger partial charge in [0, 0.05) is 37.3 Å². The Kier molecular flexibility index (Phi) is 7.18. The molecule has 10 heteroatoms. The highest BCUT2D eigenvalue weighted by Gasteiger charge is 2.33. The molecule has 0 atom stereocenters. The molecular weight excluding hydrogens is 464 g/mol. The molecule has 0 unspecified atom stereocenters. The highest BCUT2D eigenvalue weighted by atomic mass is 19.4. The molecule has 0 bridgehead atoms. The van der Waals surface area contributed by atoms with Gasteiger partial charge in [0.25, 0.3) is 5.91 Å². The summed E-state index contributed by atoms with van der Waals surface area (Å²) in [5.74, 6) is -0.816. The van der Waals surface area contributed by atoms with Crippen LogP contribution in [-0.4, -0.2) is 46.1 Å². The number of nitrogens with zero attached hydrogens (tertiary/aromatic N) is 3. The minimum absolute atomic E-state index is 0.102. The fourth-order valence-electron chi connectivity index (χ4n) is 4.07. The summed E-state index contributed by atoms with van der Waals surface area (Å²) in [6.07, 6.45) is -1.87. The molecule has 2 amide bonds. The second kappa shape index (κ2) is 10.3. The summed E-state index contributed by atoms with van der Waals surface area (Å²) < 4.78 is 53.0. The summed E-state index contributed by atoms with van der Waals surface area (Å²) in [5, 5.41) is 6.37. The Hall–Kier alpha value is -3.69. The normalized spacial score (nSPS) is 14.7. The van der Waals surface area contributed by atoms with E-state index in [1.165, 1.54) is 24.4 Å². The van der Waals surface area contributed by atoms with Crippen LogP contribution in [0.25, 0.3) is 5.69 Å². The number of rotatable bonds is 6. The van der Waals surface area contributed by atoms with Crippen molar-refractivity contribution in [2.75, 3.05) is 19.6 Å². The molecule has 0 radical (unpaired) electrons. The lowest BCUT2D eigenvalue weighted by molar-refractivity contribution is -0.141. The van der Waals surface area contributed by atoms with Crippen LogP contribution < -0.4 is 5.32 Å². The maximum Gasteiger partial charge on any atom is 0.435 e. The van der Waals surface area contributed by atoms with Crippen LogP contribution in [0.4, 0.5) is 17.6 Å². The molecule has 0 spiro atoms. The highest BCUT2D eigenvalue weighted by Crippen LogP contribution is 2.28. The maximum atomic E-state index is 13.7. The Morgan fingerprint density at radius 2 is 1.69 bits per heavy atom. The van der Waals surface area contributed by atoms with Gasteiger partial charge >= 0.3 is 6.18 Å². The molecule has 1 saturated heterocycles. The molecule has 4 rings (SSSR count). The van der Waals surface area contributed by atoms with Crippen molar-refractivity contribution in [1.82, 2.24) is 20.0 Å². The Morgan fingerprint density at radius 3 is 2.31 bits per heavy atom. The maximum absolute atomic E-state index is 13.7. The Morgan fingerprint density at radius 1 is 1.00 bits per heavy atom. The molecule has 1 N–H and O–H groups in total. The molecule has 1 fully saturated rings. The minimum atomic E-state index is -4.52. The van der Waals surface area contributed by atoms with E-state index in [1.807, 2.05) is 0 Å². The Labute approximate surface area is 199 Å². The van der Waals surface area contributed by atoms with Gasteiger partial charge in [-0.05, 0) is 61.2 Å². The van der Waals surface area contributed by atoms with Crippen LogP contribution >= 0.6 is 0 Å². The number of carbonyl (C=O) groups is 2. The van der Waals surface area contributed by atoms with Crippen LogP contribution in [0.5, 0.6) is 0 Å². The van der Waals surface area contributed by atoms with Crippen molar-refractivity contribution in [3.8, 4) is 5.69 Å². The number of halogens is 4. The smallest absolute Gasteiger partial charge is 0.356 e. The van der Waals surface area contributed by atoms with Crippen molar-refractivity contribution in [1.29, 1.82) is 0 Å². The number of carbonyl (C=O) groups excluding carboxylic acids is 2. The van der Waals surface area contributed by atoms with Crippen molar-refractivity contribution >= 4 is 11.8 Å². The number of hydrogen-bond acceptors (Lipinski definition) is 3. The average Bonchev–Trinajstić information content (AvgIpc) is 3.36. The largest absolute Gasteiger partial charge is 0.435 e. The van der Waals surface area contributed by atoms with Gasteiger partial charge in [0.15, 0.2) is 5.69 Å². The van der Waals surface area contributed by atoms with Gasteiger partial charge in [-0.1, -0.05) is 18.2 Å². The molecule has 1 aliphatic rings. The molecule has 0 saturated carbocycles. The third-order valence-electron chi connectivity index (χ3n) is 6.06. The number of aromatic nitrogens is 2. The third kappa shape index (κ3) is 5.87. The molecule has 184 valence electrons. The van der Waals surface area contributed by atoms with E-state index in [0.717, 1.165) is 10.7 Å². The van der Waals surface area contributed by atoms with Crippen molar-refractivity contribution in [3.05, 3.63) is 83.4 Å². The van der Waals surface area contributed by atoms with E-state index in [-0.39, 0.29) is 23.5 Å². The molecule has 1 aromatic heterocycles. The minimum Gasteiger partial charge on any atom is -0.356 e. The molecule has 1 aliphatic heterocycles. The molecule has 0 aliphatic carbocycles. The number of benzene rings is 2. The van der Waals surface area contributed by atoms with Crippen molar-refractivity contribution < 1.29 is 27.2 Å². The van der Waals surface area contributed by atoms with Gasteiger partial charge < -0.3 is 10.2 Å². The van der Waals surface area contributed by atoms with Gasteiger partial charge in [0.05, 0.1) is 5.69 Å². The van der Waals surface area contributed by atoms with Gasteiger partial charge in [-0.15, -0.1) is 0 Å². The van der Waals surface area contributed by atoms with Gasteiger partial charge in [-0.3, -0.25) is 9.59 Å². The van der Waals surface area contributed by atoms with E-state index in [2.05, 4.69) is 10.4 Å². The number of alkyl halides is 3. The second-order valence-corrected chi connectivity index (χ2v) is 8.39. The SMILES string of the molecule is O=C(NCCc1ccccc1F)C1CCN(C(=O)c2ccc(-n3ccc(C(F)(F)F)n3)cc2)CC1. The van der Waals surface area contributed by atoms with Gasteiger partial charge in [0.2, 0.25) is 5.91 Å². The first-order valence-electron chi connectivity index (χ1n) is 11.3. The standard InChI is InChI=1S/C25H24F4N4O2/c26-21-4-2-1-3-17(21)9-13-30-23(34)18-10-14-32(15-11-18)24(35)19-5-7-20(8-6-19)33-16-12-22(31-33)25(27,28)29/h1-8,12,16,18H,9-11,13-15H2,(H,30,34).